The van der Waals surface area contributed by atoms with Gasteiger partial charge in [-0.05, 0) is 0 Å². The van der Waals surface area contributed by atoms with Crippen LogP contribution in [0.5, 0.6) is 0 Å². The summed E-state index contributed by atoms with van der Waals surface area (Å²) < 4.78 is 22.2. The fourth-order valence-electron chi connectivity index (χ4n) is 1.52. The minimum atomic E-state index is -3.10. The van der Waals surface area contributed by atoms with Crippen molar-refractivity contribution in [2.45, 2.75) is 19.1 Å². The Bertz CT molecular complexity index is 328. The third-order valence-electron chi connectivity index (χ3n) is 2.23. The quantitative estimate of drug-likeness (QED) is 0.485. The van der Waals surface area contributed by atoms with E-state index in [4.69, 9.17) is 0 Å². The summed E-state index contributed by atoms with van der Waals surface area (Å²) in [6.45, 7) is 2.30. The molecule has 1 heterocycles. The largest absolute Gasteiger partial charge is 0.390 e. The molecular formula is C8H16N2O4S. The molecule has 3 N–H and O–H groups in total. The lowest BCUT2D eigenvalue weighted by atomic mass is 10.2. The second-order valence-electron chi connectivity index (χ2n) is 3.69. The molecule has 0 aromatic carbocycles. The molecule has 0 radical (unpaired) electrons. The Morgan fingerprint density at radius 2 is 2.07 bits per heavy atom. The van der Waals surface area contributed by atoms with Crippen LogP contribution in [-0.4, -0.2) is 56.2 Å². The molecule has 0 bridgehead atoms. The number of amides is 1. The van der Waals surface area contributed by atoms with Crippen molar-refractivity contribution < 1.29 is 18.3 Å². The minimum absolute atomic E-state index is 0.0335. The molecule has 15 heavy (non-hydrogen) atoms. The Morgan fingerprint density at radius 3 is 2.53 bits per heavy atom. The molecule has 0 aromatic rings. The smallest absolute Gasteiger partial charge is 0.216 e. The van der Waals surface area contributed by atoms with Crippen molar-refractivity contribution in [3.05, 3.63) is 0 Å². The Kier molecular flexibility index (Phi) is 4.06. The van der Waals surface area contributed by atoms with Gasteiger partial charge < -0.3 is 15.7 Å². The zero-order valence-corrected chi connectivity index (χ0v) is 9.38. The average Bonchev–Trinajstić information content (AvgIpc) is 2.33. The van der Waals surface area contributed by atoms with E-state index in [9.17, 15) is 18.3 Å². The van der Waals surface area contributed by atoms with E-state index < -0.39 is 22.0 Å². The van der Waals surface area contributed by atoms with Crippen molar-refractivity contribution in [3.8, 4) is 0 Å². The van der Waals surface area contributed by atoms with E-state index in [1.807, 2.05) is 0 Å². The van der Waals surface area contributed by atoms with Crippen molar-refractivity contribution in [1.82, 2.24) is 10.6 Å². The Labute approximate surface area is 89.0 Å². The molecule has 2 unspecified atom stereocenters. The van der Waals surface area contributed by atoms with Crippen LogP contribution in [0.4, 0.5) is 0 Å². The van der Waals surface area contributed by atoms with Gasteiger partial charge in [-0.2, -0.15) is 0 Å². The van der Waals surface area contributed by atoms with Gasteiger partial charge in [0.15, 0.2) is 9.84 Å². The van der Waals surface area contributed by atoms with Crippen LogP contribution in [0.15, 0.2) is 0 Å². The third-order valence-corrected chi connectivity index (χ3v) is 3.94. The molecule has 2 atom stereocenters. The minimum Gasteiger partial charge on any atom is -0.390 e. The summed E-state index contributed by atoms with van der Waals surface area (Å²) in [4.78, 5) is 10.5. The highest BCUT2D eigenvalue weighted by atomic mass is 32.2. The van der Waals surface area contributed by atoms with Crippen LogP contribution >= 0.6 is 0 Å². The molecule has 7 heteroatoms. The predicted molar refractivity (Wildman–Crippen MR) is 55.1 cm³/mol. The maximum atomic E-state index is 11.1. The number of hydrogen-bond acceptors (Lipinski definition) is 5. The maximum Gasteiger partial charge on any atom is 0.216 e. The highest BCUT2D eigenvalue weighted by Crippen LogP contribution is 2.11. The summed E-state index contributed by atoms with van der Waals surface area (Å²) in [7, 11) is -3.10. The van der Waals surface area contributed by atoms with E-state index in [0.29, 0.717) is 13.1 Å². The molecular weight excluding hydrogens is 220 g/mol. The lowest BCUT2D eigenvalue weighted by Gasteiger charge is -2.14. The fraction of sp³-hybridized carbons (Fsp3) is 0.875. The van der Waals surface area contributed by atoms with Gasteiger partial charge in [0, 0.05) is 26.1 Å². The van der Waals surface area contributed by atoms with Crippen molar-refractivity contribution in [1.29, 1.82) is 0 Å². The first-order valence-corrected chi connectivity index (χ1v) is 6.59. The normalized spacial score (nSPS) is 28.9. The van der Waals surface area contributed by atoms with Crippen LogP contribution < -0.4 is 10.6 Å². The van der Waals surface area contributed by atoms with Gasteiger partial charge in [0.1, 0.15) is 0 Å². The first-order valence-electron chi connectivity index (χ1n) is 4.77. The van der Waals surface area contributed by atoms with Gasteiger partial charge in [-0.25, -0.2) is 8.42 Å². The first-order chi connectivity index (χ1) is 6.91. The molecule has 6 nitrogen and oxygen atoms in total. The summed E-state index contributed by atoms with van der Waals surface area (Å²) in [5.74, 6) is -0.338. The molecule has 1 fully saturated rings. The van der Waals surface area contributed by atoms with Gasteiger partial charge in [0.05, 0.1) is 17.6 Å². The third kappa shape index (κ3) is 4.15. The molecule has 0 aliphatic carbocycles. The van der Waals surface area contributed by atoms with Gasteiger partial charge in [0.2, 0.25) is 5.91 Å². The molecule has 88 valence electrons. The van der Waals surface area contributed by atoms with Crippen LogP contribution in [0.2, 0.25) is 0 Å². The van der Waals surface area contributed by atoms with Crippen molar-refractivity contribution in [2.24, 2.45) is 0 Å². The molecule has 0 saturated carbocycles. The van der Waals surface area contributed by atoms with Crippen molar-refractivity contribution >= 4 is 15.7 Å². The van der Waals surface area contributed by atoms with Gasteiger partial charge in [-0.1, -0.05) is 0 Å². The molecule has 1 rings (SSSR count). The summed E-state index contributed by atoms with van der Waals surface area (Å²) in [5, 5.41) is 14.9. The first kappa shape index (κ1) is 12.4. The molecule has 1 aliphatic rings. The van der Waals surface area contributed by atoms with E-state index in [1.165, 1.54) is 6.92 Å². The van der Waals surface area contributed by atoms with E-state index in [-0.39, 0.29) is 17.4 Å². The predicted octanol–water partition coefficient (Wildman–Crippen LogP) is -2.13. The Balaban J connectivity index is 2.25. The summed E-state index contributed by atoms with van der Waals surface area (Å²) in [5.41, 5.74) is 0. The lowest BCUT2D eigenvalue weighted by Crippen LogP contribution is -2.42. The zero-order chi connectivity index (χ0) is 11.5. The fourth-order valence-corrected chi connectivity index (χ4v) is 3.30. The number of carbonyl (C=O) groups is 1. The summed E-state index contributed by atoms with van der Waals surface area (Å²) in [6.07, 6.45) is -0.840. The second kappa shape index (κ2) is 4.91. The zero-order valence-electron chi connectivity index (χ0n) is 8.56. The monoisotopic (exact) mass is 236 g/mol. The SMILES string of the molecule is CC(=O)NCCNC1CS(=O)(=O)CC1O. The van der Waals surface area contributed by atoms with Gasteiger partial charge >= 0.3 is 0 Å². The van der Waals surface area contributed by atoms with Gasteiger partial charge in [0.25, 0.3) is 0 Å². The molecule has 1 saturated heterocycles. The van der Waals surface area contributed by atoms with Crippen molar-refractivity contribution in [2.75, 3.05) is 24.6 Å². The van der Waals surface area contributed by atoms with E-state index in [0.717, 1.165) is 0 Å². The number of sulfone groups is 1. The number of aliphatic hydroxyl groups excluding tert-OH is 1. The maximum absolute atomic E-state index is 11.1. The Morgan fingerprint density at radius 1 is 1.40 bits per heavy atom. The summed E-state index contributed by atoms with van der Waals surface area (Å²) in [6, 6.07) is -0.413. The van der Waals surface area contributed by atoms with Gasteiger partial charge in [-0.15, -0.1) is 0 Å². The number of aliphatic hydroxyl groups is 1. The van der Waals surface area contributed by atoms with E-state index in [1.54, 1.807) is 0 Å². The summed E-state index contributed by atoms with van der Waals surface area (Å²) >= 11 is 0. The number of hydrogen-bond donors (Lipinski definition) is 3. The van der Waals surface area contributed by atoms with Crippen LogP contribution in [0.1, 0.15) is 6.92 Å². The number of rotatable bonds is 4. The van der Waals surface area contributed by atoms with Gasteiger partial charge in [-0.3, -0.25) is 4.79 Å². The van der Waals surface area contributed by atoms with Crippen LogP contribution in [0.25, 0.3) is 0 Å². The van der Waals surface area contributed by atoms with Crippen LogP contribution in [0, 0.1) is 0 Å². The second-order valence-corrected chi connectivity index (χ2v) is 5.84. The average molecular weight is 236 g/mol. The molecule has 1 aliphatic heterocycles. The van der Waals surface area contributed by atoms with Crippen molar-refractivity contribution in [3.63, 3.8) is 0 Å². The molecule has 0 spiro atoms. The topological polar surface area (TPSA) is 95.5 Å². The highest BCUT2D eigenvalue weighted by Gasteiger charge is 2.35. The van der Waals surface area contributed by atoms with E-state index in [2.05, 4.69) is 10.6 Å². The molecule has 0 aromatic heterocycles. The molecule has 1 amide bonds. The number of carbonyl (C=O) groups excluding carboxylic acids is 1. The van der Waals surface area contributed by atoms with E-state index >= 15 is 0 Å². The van der Waals surface area contributed by atoms with Crippen LogP contribution in [0.3, 0.4) is 0 Å². The highest BCUT2D eigenvalue weighted by molar-refractivity contribution is 7.91. The standard InChI is InChI=1S/C8H16N2O4S/c1-6(11)9-2-3-10-7-4-15(13,14)5-8(7)12/h7-8,10,12H,2-5H2,1H3,(H,9,11). The lowest BCUT2D eigenvalue weighted by molar-refractivity contribution is -0.118. The van der Waals surface area contributed by atoms with Crippen LogP contribution in [-0.2, 0) is 14.6 Å². The Hall–Kier alpha value is -0.660. The number of nitrogens with one attached hydrogen (secondary N) is 2.